The number of carbonyl (C=O) groups is 2. The Balaban J connectivity index is 2.14. The van der Waals surface area contributed by atoms with Gasteiger partial charge in [0.25, 0.3) is 0 Å². The van der Waals surface area contributed by atoms with Crippen molar-refractivity contribution in [1.29, 1.82) is 0 Å². The second-order valence-corrected chi connectivity index (χ2v) is 4.96. The van der Waals surface area contributed by atoms with Crippen LogP contribution >= 0.6 is 0 Å². The van der Waals surface area contributed by atoms with Crippen LogP contribution in [0.1, 0.15) is 25.3 Å². The summed E-state index contributed by atoms with van der Waals surface area (Å²) in [4.78, 5) is 25.1. The summed E-state index contributed by atoms with van der Waals surface area (Å²) in [6.07, 6.45) is 0.856. The summed E-state index contributed by atoms with van der Waals surface area (Å²) >= 11 is 0. The number of imide groups is 1. The van der Waals surface area contributed by atoms with Crippen molar-refractivity contribution in [3.05, 3.63) is 23.8 Å². The number of nitrogens with zero attached hydrogens (tertiary/aromatic N) is 1. The first-order chi connectivity index (χ1) is 9.01. The summed E-state index contributed by atoms with van der Waals surface area (Å²) < 4.78 is 5.07. The quantitative estimate of drug-likeness (QED) is 0.662. The molecule has 102 valence electrons. The maximum atomic E-state index is 11.9. The number of methoxy groups -OCH3 is 1. The predicted molar refractivity (Wildman–Crippen MR) is 71.4 cm³/mol. The number of ether oxygens (including phenoxy) is 1. The van der Waals surface area contributed by atoms with E-state index in [2.05, 4.69) is 0 Å². The Morgan fingerprint density at radius 3 is 2.47 bits per heavy atom. The number of piperidine rings is 1. The molecule has 1 aromatic rings. The molecule has 5 heteroatoms. The maximum absolute atomic E-state index is 11.9. The Morgan fingerprint density at radius 2 is 1.95 bits per heavy atom. The first-order valence-corrected chi connectivity index (χ1v) is 6.27. The molecule has 2 rings (SSSR count). The number of nitrogens with two attached hydrogens (primary N) is 1. The molecule has 0 aromatic heterocycles. The van der Waals surface area contributed by atoms with Crippen molar-refractivity contribution in [3.8, 4) is 5.75 Å². The fourth-order valence-corrected chi connectivity index (χ4v) is 2.27. The van der Waals surface area contributed by atoms with E-state index >= 15 is 0 Å². The third kappa shape index (κ3) is 2.86. The third-order valence-electron chi connectivity index (χ3n) is 3.28. The molecule has 1 saturated heterocycles. The topological polar surface area (TPSA) is 72.6 Å². The largest absolute Gasteiger partial charge is 0.495 e. The van der Waals surface area contributed by atoms with Crippen LogP contribution in [0.3, 0.4) is 0 Å². The lowest BCUT2D eigenvalue weighted by Gasteiger charge is -2.28. The van der Waals surface area contributed by atoms with Crippen molar-refractivity contribution in [2.75, 3.05) is 12.8 Å². The van der Waals surface area contributed by atoms with Crippen molar-refractivity contribution in [1.82, 2.24) is 4.90 Å². The lowest BCUT2D eigenvalue weighted by atomic mass is 9.97. The zero-order valence-corrected chi connectivity index (χ0v) is 11.2. The van der Waals surface area contributed by atoms with Crippen LogP contribution in [0, 0.1) is 5.92 Å². The van der Waals surface area contributed by atoms with Gasteiger partial charge in [-0.1, -0.05) is 13.0 Å². The van der Waals surface area contributed by atoms with Gasteiger partial charge in [-0.2, -0.15) is 0 Å². The van der Waals surface area contributed by atoms with E-state index in [1.54, 1.807) is 19.2 Å². The number of rotatable bonds is 3. The van der Waals surface area contributed by atoms with E-state index in [1.165, 1.54) is 4.90 Å². The minimum atomic E-state index is -0.113. The van der Waals surface area contributed by atoms with Crippen LogP contribution in [0.2, 0.25) is 0 Å². The number of amides is 2. The summed E-state index contributed by atoms with van der Waals surface area (Å²) in [6, 6.07) is 5.29. The SMILES string of the molecule is COc1ccc(CN2C(=O)CC(C)CC2=O)cc1N. The van der Waals surface area contributed by atoms with E-state index in [9.17, 15) is 9.59 Å². The Kier molecular flexibility index (Phi) is 3.74. The Bertz CT molecular complexity index is 495. The summed E-state index contributed by atoms with van der Waals surface area (Å²) in [5.74, 6) is 0.502. The molecule has 19 heavy (non-hydrogen) atoms. The Labute approximate surface area is 112 Å². The van der Waals surface area contributed by atoms with Gasteiger partial charge >= 0.3 is 0 Å². The number of carbonyl (C=O) groups excluding carboxylic acids is 2. The van der Waals surface area contributed by atoms with Crippen molar-refractivity contribution in [2.24, 2.45) is 5.92 Å². The van der Waals surface area contributed by atoms with Gasteiger partial charge in [-0.15, -0.1) is 0 Å². The highest BCUT2D eigenvalue weighted by atomic mass is 16.5. The number of anilines is 1. The second kappa shape index (κ2) is 5.30. The standard InChI is InChI=1S/C14H18N2O3/c1-9-5-13(17)16(14(18)6-9)8-10-3-4-12(19-2)11(15)7-10/h3-4,7,9H,5-6,8,15H2,1-2H3. The maximum Gasteiger partial charge on any atom is 0.229 e. The van der Waals surface area contributed by atoms with Crippen molar-refractivity contribution in [3.63, 3.8) is 0 Å². The molecule has 1 fully saturated rings. The average molecular weight is 262 g/mol. The van der Waals surface area contributed by atoms with Crippen LogP contribution in [0.4, 0.5) is 5.69 Å². The molecule has 0 saturated carbocycles. The van der Waals surface area contributed by atoms with Gasteiger partial charge in [0.1, 0.15) is 5.75 Å². The third-order valence-corrected chi connectivity index (χ3v) is 3.28. The summed E-state index contributed by atoms with van der Waals surface area (Å²) in [6.45, 7) is 2.19. The lowest BCUT2D eigenvalue weighted by molar-refractivity contribution is -0.150. The fraction of sp³-hybridized carbons (Fsp3) is 0.429. The Hall–Kier alpha value is -2.04. The van der Waals surface area contributed by atoms with Gasteiger partial charge < -0.3 is 10.5 Å². The highest BCUT2D eigenvalue weighted by molar-refractivity contribution is 5.97. The molecule has 1 aliphatic heterocycles. The summed E-state index contributed by atoms with van der Waals surface area (Å²) in [7, 11) is 1.55. The second-order valence-electron chi connectivity index (χ2n) is 4.96. The number of hydrogen-bond acceptors (Lipinski definition) is 4. The normalized spacial score (nSPS) is 16.8. The molecule has 1 aromatic carbocycles. The fourth-order valence-electron chi connectivity index (χ4n) is 2.27. The van der Waals surface area contributed by atoms with Gasteiger partial charge in [-0.05, 0) is 23.6 Å². The van der Waals surface area contributed by atoms with Crippen LogP contribution in [-0.2, 0) is 16.1 Å². The van der Waals surface area contributed by atoms with E-state index in [0.717, 1.165) is 5.56 Å². The minimum absolute atomic E-state index is 0.113. The first-order valence-electron chi connectivity index (χ1n) is 6.27. The highest BCUT2D eigenvalue weighted by Crippen LogP contribution is 2.25. The molecule has 0 spiro atoms. The molecule has 0 atom stereocenters. The first kappa shape index (κ1) is 13.4. The molecule has 0 bridgehead atoms. The van der Waals surface area contributed by atoms with Gasteiger partial charge in [0, 0.05) is 12.8 Å². The summed E-state index contributed by atoms with van der Waals surface area (Å²) in [5.41, 5.74) is 7.15. The number of nitrogen functional groups attached to an aromatic ring is 1. The van der Waals surface area contributed by atoms with Crippen molar-refractivity contribution < 1.29 is 14.3 Å². The zero-order valence-electron chi connectivity index (χ0n) is 11.2. The van der Waals surface area contributed by atoms with Gasteiger partial charge in [-0.3, -0.25) is 14.5 Å². The van der Waals surface area contributed by atoms with Gasteiger partial charge in [0.05, 0.1) is 19.3 Å². The minimum Gasteiger partial charge on any atom is -0.495 e. The van der Waals surface area contributed by atoms with Gasteiger partial charge in [-0.25, -0.2) is 0 Å². The van der Waals surface area contributed by atoms with Crippen LogP contribution in [0.25, 0.3) is 0 Å². The van der Waals surface area contributed by atoms with E-state index < -0.39 is 0 Å². The molecule has 1 aliphatic rings. The average Bonchev–Trinajstić information content (AvgIpc) is 2.34. The molecule has 0 aliphatic carbocycles. The van der Waals surface area contributed by atoms with Crippen molar-refractivity contribution >= 4 is 17.5 Å². The molecule has 2 amide bonds. The summed E-state index contributed by atoms with van der Waals surface area (Å²) in [5, 5.41) is 0. The molecule has 0 radical (unpaired) electrons. The van der Waals surface area contributed by atoms with Gasteiger partial charge in [0.15, 0.2) is 0 Å². The molecular weight excluding hydrogens is 244 g/mol. The van der Waals surface area contributed by atoms with Crippen LogP contribution < -0.4 is 10.5 Å². The molecule has 0 unspecified atom stereocenters. The number of benzene rings is 1. The van der Waals surface area contributed by atoms with E-state index in [4.69, 9.17) is 10.5 Å². The van der Waals surface area contributed by atoms with E-state index in [-0.39, 0.29) is 24.3 Å². The zero-order chi connectivity index (χ0) is 14.0. The van der Waals surface area contributed by atoms with Gasteiger partial charge in [0.2, 0.25) is 11.8 Å². The number of hydrogen-bond donors (Lipinski definition) is 1. The van der Waals surface area contributed by atoms with Crippen LogP contribution in [0.5, 0.6) is 5.75 Å². The molecule has 1 heterocycles. The smallest absolute Gasteiger partial charge is 0.229 e. The number of likely N-dealkylation sites (tertiary alicyclic amines) is 1. The molecule has 5 nitrogen and oxygen atoms in total. The van der Waals surface area contributed by atoms with E-state index in [0.29, 0.717) is 24.3 Å². The highest BCUT2D eigenvalue weighted by Gasteiger charge is 2.30. The Morgan fingerprint density at radius 1 is 1.32 bits per heavy atom. The van der Waals surface area contributed by atoms with Crippen LogP contribution in [0.15, 0.2) is 18.2 Å². The van der Waals surface area contributed by atoms with E-state index in [1.807, 2.05) is 13.0 Å². The molecular formula is C14H18N2O3. The monoisotopic (exact) mass is 262 g/mol. The van der Waals surface area contributed by atoms with Crippen LogP contribution in [-0.4, -0.2) is 23.8 Å². The molecule has 2 N–H and O–H groups in total. The van der Waals surface area contributed by atoms with Crippen molar-refractivity contribution in [2.45, 2.75) is 26.3 Å². The predicted octanol–water partition coefficient (Wildman–Crippen LogP) is 1.56. The lowest BCUT2D eigenvalue weighted by Crippen LogP contribution is -2.42.